The first-order chi connectivity index (χ1) is 5.61. The highest BCUT2D eigenvalue weighted by Crippen LogP contribution is 1.99. The van der Waals surface area contributed by atoms with Gasteiger partial charge in [-0.3, -0.25) is 0 Å². The minimum Gasteiger partial charge on any atom is -0.476 e. The van der Waals surface area contributed by atoms with Crippen LogP contribution < -0.4 is 4.84 Å². The number of carbonyl (C=O) groups is 2. The van der Waals surface area contributed by atoms with Gasteiger partial charge in [0, 0.05) is 13.1 Å². The zero-order valence-electron chi connectivity index (χ0n) is 6.35. The summed E-state index contributed by atoms with van der Waals surface area (Å²) in [5, 5.41) is 8.56. The maximum atomic E-state index is 10.5. The van der Waals surface area contributed by atoms with Gasteiger partial charge in [-0.05, 0) is 12.1 Å². The van der Waals surface area contributed by atoms with Crippen LogP contribution >= 0.6 is 0 Å². The SMILES string of the molecule is CC(=O)On1cccc1C(=O)O. The molecule has 1 heterocycles. The van der Waals surface area contributed by atoms with Crippen LogP contribution in [0.15, 0.2) is 18.3 Å². The normalized spacial score (nSPS) is 9.42. The number of hydrogen-bond donors (Lipinski definition) is 1. The molecule has 5 nitrogen and oxygen atoms in total. The van der Waals surface area contributed by atoms with Crippen molar-refractivity contribution in [3.8, 4) is 0 Å². The summed E-state index contributed by atoms with van der Waals surface area (Å²) in [5.41, 5.74) is -0.0785. The van der Waals surface area contributed by atoms with Gasteiger partial charge in [0.05, 0.1) is 0 Å². The lowest BCUT2D eigenvalue weighted by Gasteiger charge is -2.02. The number of aromatic nitrogens is 1. The summed E-state index contributed by atoms with van der Waals surface area (Å²) < 4.78 is 0.907. The molecule has 0 unspecified atom stereocenters. The topological polar surface area (TPSA) is 68.5 Å². The maximum Gasteiger partial charge on any atom is 0.356 e. The van der Waals surface area contributed by atoms with Gasteiger partial charge in [-0.25, -0.2) is 9.59 Å². The molecule has 0 atom stereocenters. The molecule has 1 aromatic rings. The second-order valence-electron chi connectivity index (χ2n) is 2.11. The Morgan fingerprint density at radius 1 is 1.58 bits per heavy atom. The van der Waals surface area contributed by atoms with E-state index >= 15 is 0 Å². The highest BCUT2D eigenvalue weighted by Gasteiger charge is 2.10. The Hall–Kier alpha value is -1.78. The predicted octanol–water partition coefficient (Wildman–Crippen LogP) is 0.161. The number of carboxylic acid groups (broad SMARTS) is 1. The lowest BCUT2D eigenvalue weighted by molar-refractivity contribution is -0.141. The van der Waals surface area contributed by atoms with Gasteiger partial charge in [0.1, 0.15) is 0 Å². The van der Waals surface area contributed by atoms with E-state index in [1.165, 1.54) is 25.3 Å². The second-order valence-corrected chi connectivity index (χ2v) is 2.11. The average Bonchev–Trinajstić information content (AvgIpc) is 2.33. The minimum absolute atomic E-state index is 0.0785. The van der Waals surface area contributed by atoms with Crippen molar-refractivity contribution in [1.82, 2.24) is 4.73 Å². The third-order valence-electron chi connectivity index (χ3n) is 1.16. The van der Waals surface area contributed by atoms with Gasteiger partial charge >= 0.3 is 11.9 Å². The van der Waals surface area contributed by atoms with Crippen LogP contribution in [0.3, 0.4) is 0 Å². The molecule has 0 aliphatic rings. The van der Waals surface area contributed by atoms with E-state index in [-0.39, 0.29) is 5.69 Å². The number of aromatic carboxylic acids is 1. The number of carboxylic acids is 1. The van der Waals surface area contributed by atoms with E-state index in [4.69, 9.17) is 5.11 Å². The van der Waals surface area contributed by atoms with Crippen molar-refractivity contribution in [3.63, 3.8) is 0 Å². The smallest absolute Gasteiger partial charge is 0.356 e. The lowest BCUT2D eigenvalue weighted by Crippen LogP contribution is -2.19. The zero-order valence-corrected chi connectivity index (χ0v) is 6.35. The monoisotopic (exact) mass is 169 g/mol. The summed E-state index contributed by atoms with van der Waals surface area (Å²) in [6, 6.07) is 2.82. The van der Waals surface area contributed by atoms with E-state index in [1.807, 2.05) is 0 Å². The molecule has 1 N–H and O–H groups in total. The van der Waals surface area contributed by atoms with Crippen molar-refractivity contribution in [1.29, 1.82) is 0 Å². The molecule has 5 heteroatoms. The molecule has 0 spiro atoms. The van der Waals surface area contributed by atoms with Crippen molar-refractivity contribution in [3.05, 3.63) is 24.0 Å². The van der Waals surface area contributed by atoms with Crippen molar-refractivity contribution in [2.45, 2.75) is 6.92 Å². The van der Waals surface area contributed by atoms with Crippen molar-refractivity contribution in [2.75, 3.05) is 0 Å². The molecule has 0 aliphatic heterocycles. The highest BCUT2D eigenvalue weighted by molar-refractivity contribution is 5.85. The van der Waals surface area contributed by atoms with Gasteiger partial charge in [-0.2, -0.15) is 4.73 Å². The fourth-order valence-corrected chi connectivity index (χ4v) is 0.750. The van der Waals surface area contributed by atoms with Crippen LogP contribution in [0.5, 0.6) is 0 Å². The lowest BCUT2D eigenvalue weighted by atomic mass is 10.4. The molecule has 0 aliphatic carbocycles. The Balaban J connectivity index is 2.91. The molecular weight excluding hydrogens is 162 g/mol. The molecule has 0 bridgehead atoms. The summed E-state index contributed by atoms with van der Waals surface area (Å²) in [4.78, 5) is 25.4. The molecule has 1 aromatic heterocycles. The molecule has 0 radical (unpaired) electrons. The first-order valence-electron chi connectivity index (χ1n) is 3.21. The largest absolute Gasteiger partial charge is 0.476 e. The Kier molecular flexibility index (Phi) is 2.14. The van der Waals surface area contributed by atoms with Crippen LogP contribution in [-0.2, 0) is 4.79 Å². The molecule has 0 fully saturated rings. The van der Waals surface area contributed by atoms with Crippen LogP contribution in [0.25, 0.3) is 0 Å². The van der Waals surface area contributed by atoms with E-state index in [1.54, 1.807) is 0 Å². The molecule has 0 saturated heterocycles. The third kappa shape index (κ3) is 1.63. The first kappa shape index (κ1) is 8.32. The van der Waals surface area contributed by atoms with Gasteiger partial charge < -0.3 is 9.94 Å². The summed E-state index contributed by atoms with van der Waals surface area (Å²) in [6.07, 6.45) is 1.35. The Morgan fingerprint density at radius 3 is 2.75 bits per heavy atom. The molecule has 1 rings (SSSR count). The summed E-state index contributed by atoms with van der Waals surface area (Å²) >= 11 is 0. The number of rotatable bonds is 2. The molecule has 0 amide bonds. The van der Waals surface area contributed by atoms with Gasteiger partial charge in [0.2, 0.25) is 0 Å². The Bertz CT molecular complexity index is 315. The van der Waals surface area contributed by atoms with E-state index in [2.05, 4.69) is 4.84 Å². The fraction of sp³-hybridized carbons (Fsp3) is 0.143. The maximum absolute atomic E-state index is 10.5. The van der Waals surface area contributed by atoms with Gasteiger partial charge in [-0.1, -0.05) is 0 Å². The number of nitrogens with zero attached hydrogens (tertiary/aromatic N) is 1. The van der Waals surface area contributed by atoms with Crippen molar-refractivity contribution < 1.29 is 19.5 Å². The van der Waals surface area contributed by atoms with Gasteiger partial charge in [0.15, 0.2) is 5.69 Å². The van der Waals surface area contributed by atoms with Crippen LogP contribution in [0.4, 0.5) is 0 Å². The van der Waals surface area contributed by atoms with E-state index < -0.39 is 11.9 Å². The minimum atomic E-state index is -1.14. The predicted molar refractivity (Wildman–Crippen MR) is 38.7 cm³/mol. The molecule has 0 aromatic carbocycles. The second kappa shape index (κ2) is 3.08. The average molecular weight is 169 g/mol. The van der Waals surface area contributed by atoms with Crippen LogP contribution in [0.2, 0.25) is 0 Å². The molecule has 12 heavy (non-hydrogen) atoms. The fourth-order valence-electron chi connectivity index (χ4n) is 0.750. The Morgan fingerprint density at radius 2 is 2.25 bits per heavy atom. The van der Waals surface area contributed by atoms with Gasteiger partial charge in [-0.15, -0.1) is 0 Å². The van der Waals surface area contributed by atoms with E-state index in [0.29, 0.717) is 0 Å². The first-order valence-corrected chi connectivity index (χ1v) is 3.21. The standard InChI is InChI=1S/C7H7NO4/c1-5(9)12-8-4-2-3-6(8)7(10)11/h2-4H,1H3,(H,10,11). The zero-order chi connectivity index (χ0) is 9.14. The molecular formula is C7H7NO4. The summed E-state index contributed by atoms with van der Waals surface area (Å²) in [6.45, 7) is 1.20. The van der Waals surface area contributed by atoms with Gasteiger partial charge in [0.25, 0.3) is 0 Å². The summed E-state index contributed by atoms with van der Waals surface area (Å²) in [7, 11) is 0. The third-order valence-corrected chi connectivity index (χ3v) is 1.16. The number of carbonyl (C=O) groups excluding carboxylic acids is 1. The highest BCUT2D eigenvalue weighted by atomic mass is 16.7. The summed E-state index contributed by atoms with van der Waals surface area (Å²) in [5.74, 6) is -1.70. The van der Waals surface area contributed by atoms with Crippen LogP contribution in [-0.4, -0.2) is 21.8 Å². The quantitative estimate of drug-likeness (QED) is 0.684. The van der Waals surface area contributed by atoms with Crippen molar-refractivity contribution >= 4 is 11.9 Å². The Labute approximate surface area is 68.1 Å². The van der Waals surface area contributed by atoms with Crippen LogP contribution in [0.1, 0.15) is 17.4 Å². The van der Waals surface area contributed by atoms with Crippen molar-refractivity contribution in [2.24, 2.45) is 0 Å². The van der Waals surface area contributed by atoms with Crippen LogP contribution in [0, 0.1) is 0 Å². The molecule has 0 saturated carbocycles. The van der Waals surface area contributed by atoms with E-state index in [9.17, 15) is 9.59 Å². The molecule has 64 valence electrons. The number of hydrogen-bond acceptors (Lipinski definition) is 3. The van der Waals surface area contributed by atoms with E-state index in [0.717, 1.165) is 4.73 Å².